The molecule has 2 N–H and O–H groups in total. The van der Waals surface area contributed by atoms with Crippen molar-refractivity contribution in [3.8, 4) is 0 Å². The molecule has 1 amide bonds. The first-order valence-electron chi connectivity index (χ1n) is 7.46. The second-order valence-corrected chi connectivity index (χ2v) is 6.17. The Bertz CT molecular complexity index is 515. The zero-order chi connectivity index (χ0) is 14.3. The van der Waals surface area contributed by atoms with Gasteiger partial charge in [-0.25, -0.2) is 4.79 Å². The average Bonchev–Trinajstić information content (AvgIpc) is 2.86. The molecule has 4 nitrogen and oxygen atoms in total. The highest BCUT2D eigenvalue weighted by molar-refractivity contribution is 5.89. The lowest BCUT2D eigenvalue weighted by Gasteiger charge is -2.43. The predicted octanol–water partition coefficient (Wildman–Crippen LogP) is 3.39. The van der Waals surface area contributed by atoms with Crippen LogP contribution in [0.1, 0.15) is 44.7 Å². The third-order valence-electron chi connectivity index (χ3n) is 4.54. The number of hydrogen-bond acceptors (Lipinski definition) is 2. The summed E-state index contributed by atoms with van der Waals surface area (Å²) in [4.78, 5) is 13.3. The van der Waals surface area contributed by atoms with Gasteiger partial charge in [-0.15, -0.1) is 0 Å². The van der Waals surface area contributed by atoms with E-state index in [9.17, 15) is 9.90 Å². The Kier molecular flexibility index (Phi) is 3.42. The molecule has 0 spiro atoms. The molecule has 1 saturated carbocycles. The van der Waals surface area contributed by atoms with E-state index in [-0.39, 0.29) is 12.1 Å². The van der Waals surface area contributed by atoms with E-state index in [1.165, 1.54) is 0 Å². The van der Waals surface area contributed by atoms with Crippen LogP contribution in [0.3, 0.4) is 0 Å². The summed E-state index contributed by atoms with van der Waals surface area (Å²) in [6, 6.07) is 8.73. The van der Waals surface area contributed by atoms with E-state index in [0.29, 0.717) is 12.0 Å². The largest absolute Gasteiger partial charge is 0.465 e. The zero-order valence-corrected chi connectivity index (χ0v) is 12.0. The van der Waals surface area contributed by atoms with Crippen molar-refractivity contribution in [1.82, 2.24) is 5.32 Å². The van der Waals surface area contributed by atoms with Gasteiger partial charge in [0.15, 0.2) is 0 Å². The summed E-state index contributed by atoms with van der Waals surface area (Å²) in [6.45, 7) is 4.30. The summed E-state index contributed by atoms with van der Waals surface area (Å²) < 4.78 is 0. The lowest BCUT2D eigenvalue weighted by atomic mass is 9.82. The van der Waals surface area contributed by atoms with E-state index in [0.717, 1.165) is 30.5 Å². The molecule has 108 valence electrons. The monoisotopic (exact) mass is 274 g/mol. The molecule has 1 aromatic carbocycles. The topological polar surface area (TPSA) is 52.6 Å². The Morgan fingerprint density at radius 3 is 2.80 bits per heavy atom. The van der Waals surface area contributed by atoms with Gasteiger partial charge in [-0.2, -0.15) is 0 Å². The molecule has 4 heteroatoms. The Hall–Kier alpha value is -1.55. The lowest BCUT2D eigenvalue weighted by molar-refractivity contribution is 0.191. The van der Waals surface area contributed by atoms with Gasteiger partial charge in [0.25, 0.3) is 0 Å². The van der Waals surface area contributed by atoms with Gasteiger partial charge < -0.3 is 10.4 Å². The van der Waals surface area contributed by atoms with E-state index in [2.05, 4.69) is 25.2 Å². The molecule has 2 aliphatic rings. The van der Waals surface area contributed by atoms with Crippen molar-refractivity contribution < 1.29 is 9.90 Å². The Labute approximate surface area is 119 Å². The molecule has 3 rings (SSSR count). The van der Waals surface area contributed by atoms with Crippen molar-refractivity contribution in [1.29, 1.82) is 0 Å². The molecule has 0 saturated heterocycles. The molecule has 1 aliphatic heterocycles. The first kappa shape index (κ1) is 13.4. The number of anilines is 1. The van der Waals surface area contributed by atoms with E-state index < -0.39 is 6.09 Å². The van der Waals surface area contributed by atoms with Gasteiger partial charge in [-0.1, -0.05) is 38.5 Å². The van der Waals surface area contributed by atoms with Crippen molar-refractivity contribution in [2.24, 2.45) is 5.92 Å². The van der Waals surface area contributed by atoms with Crippen molar-refractivity contribution in [2.45, 2.75) is 51.2 Å². The van der Waals surface area contributed by atoms with Gasteiger partial charge in [0.05, 0.1) is 5.69 Å². The normalized spacial score (nSPS) is 28.4. The number of amides is 1. The van der Waals surface area contributed by atoms with Crippen LogP contribution in [-0.4, -0.2) is 23.3 Å². The fourth-order valence-electron chi connectivity index (χ4n) is 3.88. The standard InChI is InChI=1S/C16H22N2O2/c1-10(2)17-15-11-6-3-4-8-13(11)18(16(19)20)14-9-5-7-12(14)15/h3-4,6,8,10,12,14-15,17H,5,7,9H2,1-2H3,(H,19,20). The molecule has 3 atom stereocenters. The predicted molar refractivity (Wildman–Crippen MR) is 79.1 cm³/mol. The summed E-state index contributed by atoms with van der Waals surface area (Å²) in [5.74, 6) is 0.392. The van der Waals surface area contributed by atoms with Crippen molar-refractivity contribution >= 4 is 11.8 Å². The van der Waals surface area contributed by atoms with Crippen LogP contribution in [0.25, 0.3) is 0 Å². The van der Waals surface area contributed by atoms with Gasteiger partial charge in [0.2, 0.25) is 0 Å². The summed E-state index contributed by atoms with van der Waals surface area (Å²) in [7, 11) is 0. The summed E-state index contributed by atoms with van der Waals surface area (Å²) in [5.41, 5.74) is 1.99. The van der Waals surface area contributed by atoms with Crippen molar-refractivity contribution in [2.75, 3.05) is 4.90 Å². The minimum atomic E-state index is -0.822. The number of hydrogen-bond donors (Lipinski definition) is 2. The number of para-hydroxylation sites is 1. The number of carbonyl (C=O) groups is 1. The molecule has 1 fully saturated rings. The Balaban J connectivity index is 2.08. The molecule has 0 aromatic heterocycles. The van der Waals surface area contributed by atoms with Crippen LogP contribution < -0.4 is 10.2 Å². The maximum Gasteiger partial charge on any atom is 0.412 e. The van der Waals surface area contributed by atoms with Gasteiger partial charge in [0.1, 0.15) is 0 Å². The fraction of sp³-hybridized carbons (Fsp3) is 0.562. The smallest absolute Gasteiger partial charge is 0.412 e. The Morgan fingerprint density at radius 2 is 2.10 bits per heavy atom. The molecule has 3 unspecified atom stereocenters. The second kappa shape index (κ2) is 5.09. The maximum absolute atomic E-state index is 11.7. The van der Waals surface area contributed by atoms with Crippen LogP contribution in [0.2, 0.25) is 0 Å². The van der Waals surface area contributed by atoms with Crippen molar-refractivity contribution in [3.63, 3.8) is 0 Å². The molecule has 1 aromatic rings. The second-order valence-electron chi connectivity index (χ2n) is 6.17. The molecular formula is C16H22N2O2. The number of fused-ring (bicyclic) bond motifs is 2. The Morgan fingerprint density at radius 1 is 1.35 bits per heavy atom. The van der Waals surface area contributed by atoms with Gasteiger partial charge in [0, 0.05) is 18.1 Å². The summed E-state index contributed by atoms with van der Waals surface area (Å²) in [5, 5.41) is 13.3. The van der Waals surface area contributed by atoms with E-state index in [1.807, 2.05) is 18.2 Å². The number of carboxylic acid groups (broad SMARTS) is 1. The highest BCUT2D eigenvalue weighted by Crippen LogP contribution is 2.47. The quantitative estimate of drug-likeness (QED) is 0.869. The van der Waals surface area contributed by atoms with Crippen LogP contribution in [0, 0.1) is 5.92 Å². The van der Waals surface area contributed by atoms with E-state index in [4.69, 9.17) is 0 Å². The first-order valence-corrected chi connectivity index (χ1v) is 7.46. The van der Waals surface area contributed by atoms with Crippen LogP contribution in [0.4, 0.5) is 10.5 Å². The van der Waals surface area contributed by atoms with Gasteiger partial charge in [-0.05, 0) is 30.4 Å². The van der Waals surface area contributed by atoms with E-state index >= 15 is 0 Å². The highest BCUT2D eigenvalue weighted by Gasteiger charge is 2.45. The number of benzene rings is 1. The van der Waals surface area contributed by atoms with Crippen LogP contribution in [0.5, 0.6) is 0 Å². The molecule has 1 heterocycles. The van der Waals surface area contributed by atoms with Crippen LogP contribution >= 0.6 is 0 Å². The molecule has 20 heavy (non-hydrogen) atoms. The highest BCUT2D eigenvalue weighted by atomic mass is 16.4. The minimum Gasteiger partial charge on any atom is -0.465 e. The van der Waals surface area contributed by atoms with Gasteiger partial charge >= 0.3 is 6.09 Å². The summed E-state index contributed by atoms with van der Waals surface area (Å²) in [6.07, 6.45) is 2.37. The third-order valence-corrected chi connectivity index (χ3v) is 4.54. The minimum absolute atomic E-state index is 0.124. The fourth-order valence-corrected chi connectivity index (χ4v) is 3.88. The van der Waals surface area contributed by atoms with Crippen LogP contribution in [-0.2, 0) is 0 Å². The lowest BCUT2D eigenvalue weighted by Crippen LogP contribution is -2.50. The molecule has 0 radical (unpaired) electrons. The van der Waals surface area contributed by atoms with Crippen molar-refractivity contribution in [3.05, 3.63) is 29.8 Å². The zero-order valence-electron chi connectivity index (χ0n) is 12.0. The van der Waals surface area contributed by atoms with Gasteiger partial charge in [-0.3, -0.25) is 4.90 Å². The first-order chi connectivity index (χ1) is 9.59. The average molecular weight is 274 g/mol. The maximum atomic E-state index is 11.7. The molecular weight excluding hydrogens is 252 g/mol. The number of nitrogens with one attached hydrogen (secondary N) is 1. The summed E-state index contributed by atoms with van der Waals surface area (Å²) >= 11 is 0. The van der Waals surface area contributed by atoms with Crippen LogP contribution in [0.15, 0.2) is 24.3 Å². The third kappa shape index (κ3) is 2.08. The van der Waals surface area contributed by atoms with E-state index in [1.54, 1.807) is 4.90 Å². The number of nitrogens with zero attached hydrogens (tertiary/aromatic N) is 1. The molecule has 1 aliphatic carbocycles. The SMILES string of the molecule is CC(C)NC1c2ccccc2N(C(=O)O)C2CCCC12. The molecule has 0 bridgehead atoms. The number of rotatable bonds is 2.